The first-order chi connectivity index (χ1) is 15.0. The van der Waals surface area contributed by atoms with Gasteiger partial charge in [0.05, 0.1) is 16.2 Å². The summed E-state index contributed by atoms with van der Waals surface area (Å²) < 4.78 is 0. The molecule has 3 heterocycles. The molecule has 0 radical (unpaired) electrons. The molecule has 2 aromatic heterocycles. The number of benzene rings is 1. The highest BCUT2D eigenvalue weighted by molar-refractivity contribution is 8.25. The number of nitrogens with one attached hydrogen (secondary N) is 3. The SMILES string of the molecule is CN1CCN(c2ccc(C(=O)Nc3cc4cc(C(=N)SC=N)ccc4cn3)cn2)CC1. The Bertz CT molecular complexity index is 1120. The van der Waals surface area contributed by atoms with Crippen LogP contribution in [0.5, 0.6) is 0 Å². The number of rotatable bonds is 5. The lowest BCUT2D eigenvalue weighted by Gasteiger charge is -2.33. The molecule has 1 aromatic carbocycles. The summed E-state index contributed by atoms with van der Waals surface area (Å²) in [6, 6.07) is 11.0. The zero-order chi connectivity index (χ0) is 21.8. The van der Waals surface area contributed by atoms with Crippen molar-refractivity contribution >= 4 is 50.7 Å². The number of aromatic nitrogens is 2. The molecule has 8 nitrogen and oxygen atoms in total. The fourth-order valence-electron chi connectivity index (χ4n) is 3.41. The van der Waals surface area contributed by atoms with Gasteiger partial charge in [0.25, 0.3) is 5.91 Å². The molecular weight excluding hydrogens is 410 g/mol. The summed E-state index contributed by atoms with van der Waals surface area (Å²) >= 11 is 1.04. The summed E-state index contributed by atoms with van der Waals surface area (Å²) in [4.78, 5) is 26.0. The van der Waals surface area contributed by atoms with E-state index in [2.05, 4.69) is 32.1 Å². The summed E-state index contributed by atoms with van der Waals surface area (Å²) in [7, 11) is 2.11. The molecule has 158 valence electrons. The van der Waals surface area contributed by atoms with Crippen LogP contribution in [-0.4, -0.2) is 64.6 Å². The van der Waals surface area contributed by atoms with Gasteiger partial charge in [0.2, 0.25) is 0 Å². The summed E-state index contributed by atoms with van der Waals surface area (Å²) in [6.07, 6.45) is 3.29. The third-order valence-electron chi connectivity index (χ3n) is 5.24. The Kier molecular flexibility index (Phi) is 6.24. The second kappa shape index (κ2) is 9.23. The minimum atomic E-state index is -0.271. The zero-order valence-electron chi connectivity index (χ0n) is 17.1. The molecule has 0 atom stereocenters. The Morgan fingerprint density at radius 2 is 1.81 bits per heavy atom. The molecule has 1 amide bonds. The van der Waals surface area contributed by atoms with Crippen LogP contribution in [0.15, 0.2) is 48.8 Å². The number of carbonyl (C=O) groups excluding carboxylic acids is 1. The molecule has 0 bridgehead atoms. The molecule has 9 heteroatoms. The van der Waals surface area contributed by atoms with Crippen LogP contribution in [0.2, 0.25) is 0 Å². The molecule has 31 heavy (non-hydrogen) atoms. The van der Waals surface area contributed by atoms with Gasteiger partial charge in [-0.25, -0.2) is 9.97 Å². The zero-order valence-corrected chi connectivity index (χ0v) is 17.9. The number of thioether (sulfide) groups is 1. The molecule has 1 aliphatic heterocycles. The van der Waals surface area contributed by atoms with Gasteiger partial charge in [-0.1, -0.05) is 23.9 Å². The van der Waals surface area contributed by atoms with E-state index in [1.165, 1.54) is 0 Å². The van der Waals surface area contributed by atoms with Crippen LogP contribution in [0.25, 0.3) is 10.8 Å². The molecule has 1 saturated heterocycles. The quantitative estimate of drug-likeness (QED) is 0.421. The molecule has 1 aliphatic rings. The fraction of sp³-hybridized carbons (Fsp3) is 0.227. The first-order valence-corrected chi connectivity index (χ1v) is 10.8. The third-order valence-corrected chi connectivity index (χ3v) is 5.83. The normalized spacial score (nSPS) is 14.4. The van der Waals surface area contributed by atoms with E-state index in [-0.39, 0.29) is 5.91 Å². The monoisotopic (exact) mass is 433 g/mol. The first-order valence-electron chi connectivity index (χ1n) is 9.89. The lowest BCUT2D eigenvalue weighted by atomic mass is 10.1. The van der Waals surface area contributed by atoms with Crippen molar-refractivity contribution in [2.24, 2.45) is 0 Å². The number of amides is 1. The van der Waals surface area contributed by atoms with Crippen molar-refractivity contribution in [1.29, 1.82) is 10.8 Å². The van der Waals surface area contributed by atoms with Gasteiger partial charge in [-0.15, -0.1) is 0 Å². The van der Waals surface area contributed by atoms with Gasteiger partial charge in [0.15, 0.2) is 0 Å². The largest absolute Gasteiger partial charge is 0.354 e. The minimum Gasteiger partial charge on any atom is -0.354 e. The van der Waals surface area contributed by atoms with Crippen molar-refractivity contribution in [2.75, 3.05) is 43.4 Å². The maximum Gasteiger partial charge on any atom is 0.258 e. The van der Waals surface area contributed by atoms with Gasteiger partial charge in [-0.05, 0) is 36.7 Å². The van der Waals surface area contributed by atoms with Crippen molar-refractivity contribution in [3.63, 3.8) is 0 Å². The van der Waals surface area contributed by atoms with Gasteiger partial charge < -0.3 is 20.5 Å². The fourth-order valence-corrected chi connectivity index (χ4v) is 3.79. The van der Waals surface area contributed by atoms with Crippen molar-refractivity contribution < 1.29 is 4.79 Å². The van der Waals surface area contributed by atoms with E-state index < -0.39 is 0 Å². The van der Waals surface area contributed by atoms with Crippen molar-refractivity contribution in [2.45, 2.75) is 0 Å². The van der Waals surface area contributed by atoms with E-state index in [4.69, 9.17) is 10.8 Å². The average Bonchev–Trinajstić information content (AvgIpc) is 2.79. The van der Waals surface area contributed by atoms with E-state index in [0.29, 0.717) is 22.0 Å². The number of hydrogen-bond acceptors (Lipinski definition) is 8. The summed E-state index contributed by atoms with van der Waals surface area (Å²) in [5.74, 6) is 1.04. The summed E-state index contributed by atoms with van der Waals surface area (Å²) in [5, 5.41) is 20.0. The molecule has 1 fully saturated rings. The molecule has 0 aliphatic carbocycles. The van der Waals surface area contributed by atoms with Crippen LogP contribution in [0.3, 0.4) is 0 Å². The predicted molar refractivity (Wildman–Crippen MR) is 127 cm³/mol. The molecule has 0 spiro atoms. The molecular formula is C22H23N7OS. The minimum absolute atomic E-state index is 0.271. The Morgan fingerprint density at radius 3 is 2.52 bits per heavy atom. The topological polar surface area (TPSA) is 109 Å². The van der Waals surface area contributed by atoms with Crippen molar-refractivity contribution in [3.8, 4) is 0 Å². The second-order valence-electron chi connectivity index (χ2n) is 7.35. The Hall–Kier alpha value is -3.30. The Morgan fingerprint density at radius 1 is 1.03 bits per heavy atom. The van der Waals surface area contributed by atoms with Crippen LogP contribution >= 0.6 is 11.8 Å². The van der Waals surface area contributed by atoms with E-state index >= 15 is 0 Å². The molecule has 0 saturated carbocycles. The second-order valence-corrected chi connectivity index (χ2v) is 8.23. The highest BCUT2D eigenvalue weighted by atomic mass is 32.2. The lowest BCUT2D eigenvalue weighted by Crippen LogP contribution is -2.44. The molecule has 3 aromatic rings. The number of hydrogen-bond donors (Lipinski definition) is 3. The number of pyridine rings is 2. The number of nitrogens with zero attached hydrogens (tertiary/aromatic N) is 4. The number of fused-ring (bicyclic) bond motifs is 1. The first kappa shape index (κ1) is 21.0. The van der Waals surface area contributed by atoms with E-state index in [0.717, 1.165) is 60.1 Å². The number of carbonyl (C=O) groups is 1. The lowest BCUT2D eigenvalue weighted by molar-refractivity contribution is 0.102. The van der Waals surface area contributed by atoms with E-state index in [9.17, 15) is 4.79 Å². The maximum atomic E-state index is 12.7. The van der Waals surface area contributed by atoms with Crippen molar-refractivity contribution in [1.82, 2.24) is 14.9 Å². The number of piperazine rings is 1. The van der Waals surface area contributed by atoms with Gasteiger partial charge in [-0.3, -0.25) is 10.2 Å². The van der Waals surface area contributed by atoms with E-state index in [1.807, 2.05) is 24.3 Å². The highest BCUT2D eigenvalue weighted by Crippen LogP contribution is 2.21. The van der Waals surface area contributed by atoms with Gasteiger partial charge in [0, 0.05) is 49.5 Å². The van der Waals surface area contributed by atoms with Gasteiger partial charge in [-0.2, -0.15) is 0 Å². The predicted octanol–water partition coefficient (Wildman–Crippen LogP) is 3.30. The smallest absolute Gasteiger partial charge is 0.258 e. The number of anilines is 2. The number of likely N-dealkylation sites (N-methyl/N-ethyl adjacent to an activating group) is 1. The molecule has 0 unspecified atom stereocenters. The standard InChI is InChI=1S/C22H23N7OS/c1-28-6-8-29(9-7-28)20-5-4-17(13-26-20)22(30)27-19-11-18-10-15(21(24)31-14-23)2-3-16(18)12-25-19/h2-5,10-14,23-24H,6-9H2,1H3,(H,25,27,30). The average molecular weight is 434 g/mol. The van der Waals surface area contributed by atoms with Gasteiger partial charge >= 0.3 is 0 Å². The third kappa shape index (κ3) is 4.89. The highest BCUT2D eigenvalue weighted by Gasteiger charge is 2.16. The van der Waals surface area contributed by atoms with Crippen LogP contribution < -0.4 is 10.2 Å². The van der Waals surface area contributed by atoms with Crippen LogP contribution in [0.1, 0.15) is 15.9 Å². The molecule has 3 N–H and O–H groups in total. The van der Waals surface area contributed by atoms with Crippen LogP contribution in [0, 0.1) is 10.8 Å². The van der Waals surface area contributed by atoms with Crippen molar-refractivity contribution in [3.05, 3.63) is 59.9 Å². The molecule has 4 rings (SSSR count). The Labute approximate surface area is 184 Å². The van der Waals surface area contributed by atoms with Gasteiger partial charge in [0.1, 0.15) is 11.6 Å². The van der Waals surface area contributed by atoms with Crippen LogP contribution in [-0.2, 0) is 0 Å². The van der Waals surface area contributed by atoms with Crippen LogP contribution in [0.4, 0.5) is 11.6 Å². The summed E-state index contributed by atoms with van der Waals surface area (Å²) in [5.41, 5.74) is 2.32. The Balaban J connectivity index is 1.47. The van der Waals surface area contributed by atoms with E-state index in [1.54, 1.807) is 24.5 Å². The maximum absolute atomic E-state index is 12.7. The summed E-state index contributed by atoms with van der Waals surface area (Å²) in [6.45, 7) is 3.85.